The molecule has 0 aliphatic heterocycles. The van der Waals surface area contributed by atoms with Gasteiger partial charge in [0, 0.05) is 37.3 Å². The molecule has 2 heterocycles. The molecule has 4 aromatic rings. The van der Waals surface area contributed by atoms with E-state index in [0.29, 0.717) is 48.8 Å². The van der Waals surface area contributed by atoms with E-state index in [1.54, 1.807) is 42.6 Å². The number of aryl methyl sites for hydroxylation is 1. The Morgan fingerprint density at radius 1 is 1.06 bits per heavy atom. The number of anilines is 1. The molecule has 0 aliphatic rings. The van der Waals surface area contributed by atoms with Crippen LogP contribution in [0.15, 0.2) is 65.6 Å². The molecule has 0 aliphatic carbocycles. The van der Waals surface area contributed by atoms with Gasteiger partial charge in [0.1, 0.15) is 5.82 Å². The van der Waals surface area contributed by atoms with E-state index in [1.807, 2.05) is 4.57 Å². The van der Waals surface area contributed by atoms with Crippen molar-refractivity contribution >= 4 is 17.6 Å². The molecule has 2 aromatic heterocycles. The number of rotatable bonds is 9. The average Bonchev–Trinajstić information content (AvgIpc) is 3.33. The highest BCUT2D eigenvalue weighted by atomic mass is 16.4. The first kappa shape index (κ1) is 23.3. The molecule has 9 heteroatoms. The number of carboxylic acid groups (broad SMARTS) is 1. The number of imidazole rings is 1. The van der Waals surface area contributed by atoms with Crippen molar-refractivity contribution in [2.45, 2.75) is 32.4 Å². The number of carboxylic acids is 1. The van der Waals surface area contributed by atoms with Crippen molar-refractivity contribution in [3.63, 3.8) is 0 Å². The lowest BCUT2D eigenvalue weighted by Gasteiger charge is -2.16. The molecular weight excluding hydrogens is 444 g/mol. The number of hydrogen-bond donors (Lipinski definition) is 2. The summed E-state index contributed by atoms with van der Waals surface area (Å²) in [5, 5.41) is 30.3. The topological polar surface area (TPSA) is 136 Å². The normalized spacial score (nSPS) is 10.6. The van der Waals surface area contributed by atoms with Gasteiger partial charge in [-0.2, -0.15) is 10.5 Å². The van der Waals surface area contributed by atoms with Crippen molar-refractivity contribution in [1.29, 1.82) is 10.5 Å². The van der Waals surface area contributed by atoms with Gasteiger partial charge < -0.3 is 10.4 Å². The molecule has 35 heavy (non-hydrogen) atoms. The van der Waals surface area contributed by atoms with Crippen LogP contribution in [0, 0.1) is 22.7 Å². The molecule has 0 radical (unpaired) electrons. The van der Waals surface area contributed by atoms with Crippen molar-refractivity contribution in [1.82, 2.24) is 14.0 Å². The van der Waals surface area contributed by atoms with E-state index in [9.17, 15) is 9.59 Å². The molecule has 0 saturated heterocycles. The van der Waals surface area contributed by atoms with E-state index in [2.05, 4.69) is 17.5 Å². The predicted octanol–water partition coefficient (Wildman–Crippen LogP) is 4.04. The van der Waals surface area contributed by atoms with Gasteiger partial charge in [-0.1, -0.05) is 24.3 Å². The molecule has 4 rings (SSSR count). The highest BCUT2D eigenvalue weighted by molar-refractivity contribution is 5.87. The lowest BCUT2D eigenvalue weighted by atomic mass is 10.1. The highest BCUT2D eigenvalue weighted by Crippen LogP contribution is 2.21. The quantitative estimate of drug-likeness (QED) is 0.355. The molecule has 0 fully saturated rings. The van der Waals surface area contributed by atoms with E-state index in [-0.39, 0.29) is 11.1 Å². The van der Waals surface area contributed by atoms with E-state index < -0.39 is 5.97 Å². The number of nitrogens with one attached hydrogen (secondary N) is 1. The standard InChI is InChI=1S/C26H22N6O3/c27-12-2-1-3-13-31-23(29-16-19-6-10-21(11-7-19)25(34)35)14-24(33)32-17-22(30-26(31)32)20-8-4-18(15-28)5-9-20/h4-11,14,17,29H,1-3,13,16H2,(H,34,35). The minimum absolute atomic E-state index is 0.206. The van der Waals surface area contributed by atoms with Crippen LogP contribution in [0.2, 0.25) is 0 Å². The van der Waals surface area contributed by atoms with Crippen molar-refractivity contribution < 1.29 is 9.90 Å². The maximum atomic E-state index is 12.9. The molecule has 0 saturated carbocycles. The maximum absolute atomic E-state index is 12.9. The van der Waals surface area contributed by atoms with Crippen LogP contribution in [0.5, 0.6) is 0 Å². The summed E-state index contributed by atoms with van der Waals surface area (Å²) in [5.74, 6) is 0.0647. The van der Waals surface area contributed by atoms with Gasteiger partial charge in [-0.25, -0.2) is 9.78 Å². The monoisotopic (exact) mass is 466 g/mol. The number of hydrogen-bond acceptors (Lipinski definition) is 6. The summed E-state index contributed by atoms with van der Waals surface area (Å²) in [6.07, 6.45) is 3.57. The SMILES string of the molecule is N#CCCCCn1c(NCc2ccc(C(=O)O)cc2)cc(=O)n2cc(-c3ccc(C#N)cc3)nc12. The first-order valence-electron chi connectivity index (χ1n) is 11.1. The number of aromatic carboxylic acids is 1. The minimum atomic E-state index is -0.987. The Kier molecular flexibility index (Phi) is 6.89. The summed E-state index contributed by atoms with van der Waals surface area (Å²) < 4.78 is 3.40. The maximum Gasteiger partial charge on any atom is 0.335 e. The molecule has 0 bridgehead atoms. The predicted molar refractivity (Wildman–Crippen MR) is 130 cm³/mol. The zero-order chi connectivity index (χ0) is 24.8. The van der Waals surface area contributed by atoms with Crippen LogP contribution in [-0.2, 0) is 13.1 Å². The molecular formula is C26H22N6O3. The Morgan fingerprint density at radius 2 is 1.80 bits per heavy atom. The number of aromatic nitrogens is 3. The molecule has 174 valence electrons. The van der Waals surface area contributed by atoms with Gasteiger partial charge in [-0.15, -0.1) is 0 Å². The fourth-order valence-electron chi connectivity index (χ4n) is 3.75. The van der Waals surface area contributed by atoms with Crippen LogP contribution < -0.4 is 10.9 Å². The third-order valence-electron chi connectivity index (χ3n) is 5.62. The van der Waals surface area contributed by atoms with Gasteiger partial charge in [0.25, 0.3) is 5.56 Å². The number of benzene rings is 2. The highest BCUT2D eigenvalue weighted by Gasteiger charge is 2.14. The number of carbonyl (C=O) groups is 1. The summed E-state index contributed by atoms with van der Waals surface area (Å²) in [6.45, 7) is 0.937. The lowest BCUT2D eigenvalue weighted by molar-refractivity contribution is 0.0697. The zero-order valence-corrected chi connectivity index (χ0v) is 18.8. The van der Waals surface area contributed by atoms with Crippen LogP contribution in [-0.4, -0.2) is 25.0 Å². The summed E-state index contributed by atoms with van der Waals surface area (Å²) in [4.78, 5) is 28.7. The van der Waals surface area contributed by atoms with Crippen LogP contribution in [0.1, 0.15) is 40.7 Å². The van der Waals surface area contributed by atoms with Gasteiger partial charge in [0.15, 0.2) is 0 Å². The molecule has 0 amide bonds. The number of nitriles is 2. The zero-order valence-electron chi connectivity index (χ0n) is 18.8. The van der Waals surface area contributed by atoms with Crippen molar-refractivity contribution in [3.8, 4) is 23.4 Å². The number of unbranched alkanes of at least 4 members (excludes halogenated alkanes) is 2. The second-order valence-corrected chi connectivity index (χ2v) is 7.98. The molecule has 0 unspecified atom stereocenters. The third kappa shape index (κ3) is 5.21. The summed E-state index contributed by atoms with van der Waals surface area (Å²) in [7, 11) is 0. The largest absolute Gasteiger partial charge is 0.478 e. The van der Waals surface area contributed by atoms with E-state index in [4.69, 9.17) is 20.6 Å². The van der Waals surface area contributed by atoms with E-state index in [1.165, 1.54) is 22.6 Å². The second-order valence-electron chi connectivity index (χ2n) is 7.98. The van der Waals surface area contributed by atoms with Crippen molar-refractivity contribution in [2.24, 2.45) is 0 Å². The smallest absolute Gasteiger partial charge is 0.335 e. The first-order valence-corrected chi connectivity index (χ1v) is 11.1. The first-order chi connectivity index (χ1) is 17.0. The van der Waals surface area contributed by atoms with Gasteiger partial charge in [-0.05, 0) is 42.7 Å². The van der Waals surface area contributed by atoms with Gasteiger partial charge >= 0.3 is 5.97 Å². The lowest BCUT2D eigenvalue weighted by Crippen LogP contribution is -2.20. The molecule has 2 aromatic carbocycles. The molecule has 9 nitrogen and oxygen atoms in total. The summed E-state index contributed by atoms with van der Waals surface area (Å²) >= 11 is 0. The van der Waals surface area contributed by atoms with Gasteiger partial charge in [-0.3, -0.25) is 13.8 Å². The summed E-state index contributed by atoms with van der Waals surface area (Å²) in [5.41, 5.74) is 2.76. The van der Waals surface area contributed by atoms with E-state index in [0.717, 1.165) is 17.5 Å². The molecule has 2 N–H and O–H groups in total. The van der Waals surface area contributed by atoms with Crippen LogP contribution in [0.4, 0.5) is 5.82 Å². The number of nitrogens with zero attached hydrogens (tertiary/aromatic N) is 5. The van der Waals surface area contributed by atoms with Crippen LogP contribution in [0.3, 0.4) is 0 Å². The fourth-order valence-corrected chi connectivity index (χ4v) is 3.75. The molecule has 0 atom stereocenters. The number of fused-ring (bicyclic) bond motifs is 1. The van der Waals surface area contributed by atoms with Gasteiger partial charge in [0.2, 0.25) is 5.78 Å². The Balaban J connectivity index is 1.69. The van der Waals surface area contributed by atoms with Crippen LogP contribution >= 0.6 is 0 Å². The third-order valence-corrected chi connectivity index (χ3v) is 5.62. The molecule has 0 spiro atoms. The second kappa shape index (κ2) is 10.4. The van der Waals surface area contributed by atoms with Crippen molar-refractivity contribution in [3.05, 3.63) is 87.8 Å². The fraction of sp³-hybridized carbons (Fsp3) is 0.192. The Morgan fingerprint density at radius 3 is 2.46 bits per heavy atom. The van der Waals surface area contributed by atoms with Gasteiger partial charge in [0.05, 0.1) is 29.0 Å². The Hall–Kier alpha value is -4.89. The van der Waals surface area contributed by atoms with E-state index >= 15 is 0 Å². The average molecular weight is 467 g/mol. The minimum Gasteiger partial charge on any atom is -0.478 e. The van der Waals surface area contributed by atoms with Crippen molar-refractivity contribution in [2.75, 3.05) is 5.32 Å². The van der Waals surface area contributed by atoms with Crippen LogP contribution in [0.25, 0.3) is 17.0 Å². The Bertz CT molecular complexity index is 1500. The Labute approximate surface area is 201 Å². The summed E-state index contributed by atoms with van der Waals surface area (Å²) in [6, 6.07) is 19.3.